The first-order valence-corrected chi connectivity index (χ1v) is 8.80. The first-order chi connectivity index (χ1) is 11.0. The normalized spacial score (nSPS) is 17.0. The van der Waals surface area contributed by atoms with Crippen LogP contribution in [0.3, 0.4) is 0 Å². The van der Waals surface area contributed by atoms with Gasteiger partial charge in [0.1, 0.15) is 0 Å². The maximum absolute atomic E-state index is 12.1. The Balaban J connectivity index is 1.51. The molecule has 0 spiro atoms. The predicted octanol–water partition coefficient (Wildman–Crippen LogP) is 2.35. The van der Waals surface area contributed by atoms with Crippen molar-refractivity contribution in [3.8, 4) is 0 Å². The van der Waals surface area contributed by atoms with Crippen LogP contribution in [0.25, 0.3) is 0 Å². The highest BCUT2D eigenvalue weighted by atomic mass is 32.1. The van der Waals surface area contributed by atoms with Crippen molar-refractivity contribution < 1.29 is 4.79 Å². The summed E-state index contributed by atoms with van der Waals surface area (Å²) in [6, 6.07) is 1.87. The number of carbonyl (C=O) groups excluding carboxylic acids is 1. The van der Waals surface area contributed by atoms with Gasteiger partial charge in [0.15, 0.2) is 5.13 Å². The third-order valence-electron chi connectivity index (χ3n) is 4.38. The molecule has 2 aromatic heterocycles. The number of hydrogen-bond donors (Lipinski definition) is 2. The molecule has 6 nitrogen and oxygen atoms in total. The van der Waals surface area contributed by atoms with Crippen LogP contribution >= 0.6 is 11.3 Å². The van der Waals surface area contributed by atoms with Crippen molar-refractivity contribution in [3.05, 3.63) is 29.0 Å². The quantitative estimate of drug-likeness (QED) is 0.816. The zero-order valence-electron chi connectivity index (χ0n) is 13.8. The molecule has 2 heterocycles. The molecule has 1 aliphatic rings. The average Bonchev–Trinajstić information content (AvgIpc) is 2.92. The summed E-state index contributed by atoms with van der Waals surface area (Å²) in [5.74, 6) is -0.0399. The zero-order chi connectivity index (χ0) is 16.4. The summed E-state index contributed by atoms with van der Waals surface area (Å²) in [7, 11) is 0. The van der Waals surface area contributed by atoms with Gasteiger partial charge in [-0.2, -0.15) is 5.10 Å². The smallest absolute Gasteiger partial charge is 0.243 e. The van der Waals surface area contributed by atoms with Crippen LogP contribution in [0.1, 0.15) is 31.2 Å². The number of hydrogen-bond acceptors (Lipinski definition) is 5. The van der Waals surface area contributed by atoms with Crippen LogP contribution in [0.5, 0.6) is 0 Å². The lowest BCUT2D eigenvalue weighted by molar-refractivity contribution is -0.117. The number of nitrogens with zero attached hydrogens (tertiary/aromatic N) is 3. The van der Waals surface area contributed by atoms with Gasteiger partial charge in [0, 0.05) is 35.8 Å². The van der Waals surface area contributed by atoms with E-state index in [-0.39, 0.29) is 17.4 Å². The van der Waals surface area contributed by atoms with Crippen molar-refractivity contribution in [1.82, 2.24) is 20.1 Å². The lowest BCUT2D eigenvalue weighted by Crippen LogP contribution is -2.41. The molecule has 1 aliphatic carbocycles. The second-order valence-corrected chi connectivity index (χ2v) is 7.41. The number of aromatic nitrogens is 3. The number of amides is 1. The van der Waals surface area contributed by atoms with Crippen molar-refractivity contribution in [1.29, 1.82) is 0 Å². The summed E-state index contributed by atoms with van der Waals surface area (Å²) in [5, 5.41) is 13.2. The molecule has 0 unspecified atom stereocenters. The van der Waals surface area contributed by atoms with Gasteiger partial charge >= 0.3 is 0 Å². The highest BCUT2D eigenvalue weighted by Crippen LogP contribution is 2.46. The van der Waals surface area contributed by atoms with Crippen molar-refractivity contribution in [2.75, 3.05) is 11.9 Å². The minimum absolute atomic E-state index is 0.0399. The molecule has 2 N–H and O–H groups in total. The molecule has 2 aromatic rings. The van der Waals surface area contributed by atoms with Crippen LogP contribution in [0, 0.1) is 19.3 Å². The molecule has 0 aliphatic heterocycles. The lowest BCUT2D eigenvalue weighted by atomic mass is 10.1. The number of thiazole rings is 1. The van der Waals surface area contributed by atoms with Crippen molar-refractivity contribution in [3.63, 3.8) is 0 Å². The molecule has 0 aromatic carbocycles. The maximum Gasteiger partial charge on any atom is 0.243 e. The molecule has 0 bridgehead atoms. The Bertz CT molecular complexity index is 675. The second-order valence-electron chi connectivity index (χ2n) is 6.51. The maximum atomic E-state index is 12.1. The molecule has 1 saturated carbocycles. The van der Waals surface area contributed by atoms with Gasteiger partial charge < -0.3 is 10.6 Å². The molecular formula is C16H23N5OS. The number of nitrogens with one attached hydrogen (secondary N) is 2. The van der Waals surface area contributed by atoms with Gasteiger partial charge in [-0.1, -0.05) is 0 Å². The van der Waals surface area contributed by atoms with Gasteiger partial charge in [-0.25, -0.2) is 4.98 Å². The summed E-state index contributed by atoms with van der Waals surface area (Å²) in [4.78, 5) is 16.2. The van der Waals surface area contributed by atoms with Crippen molar-refractivity contribution in [2.24, 2.45) is 5.41 Å². The molecule has 124 valence electrons. The standard InChI is InChI=1S/C16H23N5OS/c1-11-8-12(2)21(20-11)10-16(4-5-16)9-18-13(3)14(22)19-15-17-6-7-23-15/h6-8,13,18H,4-5,9-10H2,1-3H3,(H,17,19,22)/t13-/m1/s1. The number of carbonyl (C=O) groups is 1. The average molecular weight is 333 g/mol. The van der Waals surface area contributed by atoms with E-state index in [1.54, 1.807) is 6.20 Å². The topological polar surface area (TPSA) is 71.8 Å². The van der Waals surface area contributed by atoms with E-state index in [0.29, 0.717) is 5.13 Å². The Labute approximate surface area is 140 Å². The molecule has 1 fully saturated rings. The van der Waals surface area contributed by atoms with Gasteiger partial charge in [0.05, 0.1) is 11.7 Å². The van der Waals surface area contributed by atoms with E-state index < -0.39 is 0 Å². The summed E-state index contributed by atoms with van der Waals surface area (Å²) in [6.45, 7) is 7.75. The van der Waals surface area contributed by atoms with E-state index in [9.17, 15) is 4.79 Å². The first kappa shape index (κ1) is 16.1. The number of anilines is 1. The highest BCUT2D eigenvalue weighted by Gasteiger charge is 2.43. The molecule has 1 amide bonds. The summed E-state index contributed by atoms with van der Waals surface area (Å²) in [6.07, 6.45) is 4.05. The Morgan fingerprint density at radius 3 is 2.83 bits per heavy atom. The van der Waals surface area contributed by atoms with Crippen LogP contribution in [0.15, 0.2) is 17.6 Å². The Morgan fingerprint density at radius 1 is 1.48 bits per heavy atom. The van der Waals surface area contributed by atoms with Crippen LogP contribution in [0.2, 0.25) is 0 Å². The Hall–Kier alpha value is -1.73. The van der Waals surface area contributed by atoms with E-state index in [4.69, 9.17) is 0 Å². The van der Waals surface area contributed by atoms with Gasteiger partial charge in [-0.15, -0.1) is 11.3 Å². The third kappa shape index (κ3) is 3.97. The highest BCUT2D eigenvalue weighted by molar-refractivity contribution is 7.13. The molecule has 0 radical (unpaired) electrons. The van der Waals surface area contributed by atoms with E-state index in [0.717, 1.165) is 18.8 Å². The van der Waals surface area contributed by atoms with Gasteiger partial charge in [-0.3, -0.25) is 9.48 Å². The fourth-order valence-electron chi connectivity index (χ4n) is 2.68. The predicted molar refractivity (Wildman–Crippen MR) is 91.6 cm³/mol. The van der Waals surface area contributed by atoms with Crippen molar-refractivity contribution in [2.45, 2.75) is 46.2 Å². The monoisotopic (exact) mass is 333 g/mol. The molecule has 3 rings (SSSR count). The Kier molecular flexibility index (Phi) is 4.50. The van der Waals surface area contributed by atoms with Crippen molar-refractivity contribution >= 4 is 22.4 Å². The summed E-state index contributed by atoms with van der Waals surface area (Å²) < 4.78 is 2.09. The third-order valence-corrected chi connectivity index (χ3v) is 5.07. The SMILES string of the molecule is Cc1cc(C)n(CC2(CN[C@H](C)C(=O)Nc3nccs3)CC2)n1. The number of aryl methyl sites for hydroxylation is 2. The zero-order valence-corrected chi connectivity index (χ0v) is 14.6. The van der Waals surface area contributed by atoms with Crippen LogP contribution in [-0.2, 0) is 11.3 Å². The van der Waals surface area contributed by atoms with Crippen LogP contribution < -0.4 is 10.6 Å². The number of rotatable bonds is 7. The lowest BCUT2D eigenvalue weighted by Gasteiger charge is -2.20. The van der Waals surface area contributed by atoms with E-state index in [1.807, 2.05) is 19.2 Å². The molecule has 1 atom stereocenters. The van der Waals surface area contributed by atoms with E-state index >= 15 is 0 Å². The summed E-state index contributed by atoms with van der Waals surface area (Å²) >= 11 is 1.43. The first-order valence-electron chi connectivity index (χ1n) is 7.92. The van der Waals surface area contributed by atoms with E-state index in [1.165, 1.54) is 29.9 Å². The molecule has 23 heavy (non-hydrogen) atoms. The Morgan fingerprint density at radius 2 is 2.26 bits per heavy atom. The fraction of sp³-hybridized carbons (Fsp3) is 0.562. The minimum atomic E-state index is -0.239. The largest absolute Gasteiger partial charge is 0.305 e. The van der Waals surface area contributed by atoms with Crippen LogP contribution in [0.4, 0.5) is 5.13 Å². The molecule has 7 heteroatoms. The fourth-order valence-corrected chi connectivity index (χ4v) is 3.21. The van der Waals surface area contributed by atoms with Gasteiger partial charge in [0.25, 0.3) is 0 Å². The summed E-state index contributed by atoms with van der Waals surface area (Å²) in [5.41, 5.74) is 2.49. The minimum Gasteiger partial charge on any atom is -0.305 e. The molecule has 0 saturated heterocycles. The van der Waals surface area contributed by atoms with Gasteiger partial charge in [0.2, 0.25) is 5.91 Å². The van der Waals surface area contributed by atoms with Crippen LogP contribution in [-0.4, -0.2) is 33.3 Å². The van der Waals surface area contributed by atoms with E-state index in [2.05, 4.69) is 38.4 Å². The molecular weight excluding hydrogens is 310 g/mol. The van der Waals surface area contributed by atoms with Gasteiger partial charge in [-0.05, 0) is 39.7 Å². The second kappa shape index (κ2) is 6.41.